The Labute approximate surface area is 152 Å². The highest BCUT2D eigenvalue weighted by atomic mass is 16.6. The van der Waals surface area contributed by atoms with Crippen molar-refractivity contribution in [3.63, 3.8) is 0 Å². The van der Waals surface area contributed by atoms with E-state index in [1.54, 1.807) is 14.0 Å². The molecule has 2 heterocycles. The number of amides is 1. The normalized spacial score (nSPS) is 24.1. The zero-order valence-electron chi connectivity index (χ0n) is 15.1. The third-order valence-electron chi connectivity index (χ3n) is 5.56. The lowest BCUT2D eigenvalue weighted by molar-refractivity contribution is -0.135. The number of carbonyl (C=O) groups excluding carboxylic acids is 1. The number of ether oxygens (including phenoxy) is 2. The highest BCUT2D eigenvalue weighted by Crippen LogP contribution is 2.43. The Hall–Kier alpha value is -2.57. The Bertz CT molecular complexity index is 791. The quantitative estimate of drug-likeness (QED) is 0.790. The van der Waals surface area contributed by atoms with Gasteiger partial charge in [-0.15, -0.1) is 0 Å². The molecule has 0 radical (unpaired) electrons. The van der Waals surface area contributed by atoms with Gasteiger partial charge < -0.3 is 14.4 Å². The van der Waals surface area contributed by atoms with E-state index in [1.807, 2.05) is 29.2 Å². The molecular formula is C19H23N3O4. The summed E-state index contributed by atoms with van der Waals surface area (Å²) in [5, 5.41) is 7.61. The Balaban J connectivity index is 1.45. The first-order valence-electron chi connectivity index (χ1n) is 9.01. The molecule has 2 aromatic rings. The molecule has 1 aromatic heterocycles. The Morgan fingerprint density at radius 2 is 2.15 bits per heavy atom. The summed E-state index contributed by atoms with van der Waals surface area (Å²) in [6.07, 6.45) is 3.52. The molecule has 1 aliphatic heterocycles. The van der Waals surface area contributed by atoms with Crippen LogP contribution in [0.4, 0.5) is 0 Å². The molecule has 2 bridgehead atoms. The predicted molar refractivity (Wildman–Crippen MR) is 93.0 cm³/mol. The van der Waals surface area contributed by atoms with Gasteiger partial charge in [0.15, 0.2) is 0 Å². The maximum atomic E-state index is 12.9. The van der Waals surface area contributed by atoms with E-state index in [9.17, 15) is 4.79 Å². The number of methoxy groups -OCH3 is 1. The number of nitrogens with zero attached hydrogens (tertiary/aromatic N) is 3. The van der Waals surface area contributed by atoms with E-state index < -0.39 is 0 Å². The number of benzene rings is 1. The zero-order chi connectivity index (χ0) is 18.1. The standard InChI is InChI=1S/C19H23N3O4/c1-12-17(21-26-20-12)10-19(23)22-14-7-6-13(8-14)18(22)11-25-16-5-3-4-15(9-16)24-2/h3-5,9,13-14,18H,6-8,10-11H2,1-2H3/t13?,14?,18-/m1/s1. The minimum Gasteiger partial charge on any atom is -0.497 e. The third-order valence-corrected chi connectivity index (χ3v) is 5.56. The van der Waals surface area contributed by atoms with Crippen molar-refractivity contribution in [2.45, 2.75) is 44.7 Å². The largest absolute Gasteiger partial charge is 0.497 e. The first-order chi connectivity index (χ1) is 12.7. The fraction of sp³-hybridized carbons (Fsp3) is 0.526. The fourth-order valence-corrected chi connectivity index (χ4v) is 4.21. The highest BCUT2D eigenvalue weighted by molar-refractivity contribution is 5.79. The van der Waals surface area contributed by atoms with Crippen molar-refractivity contribution in [3.8, 4) is 11.5 Å². The summed E-state index contributed by atoms with van der Waals surface area (Å²) in [6, 6.07) is 7.97. The summed E-state index contributed by atoms with van der Waals surface area (Å²) >= 11 is 0. The summed E-state index contributed by atoms with van der Waals surface area (Å²) in [7, 11) is 1.64. The number of hydrogen-bond acceptors (Lipinski definition) is 6. The maximum absolute atomic E-state index is 12.9. The van der Waals surface area contributed by atoms with Gasteiger partial charge in [0.2, 0.25) is 5.91 Å². The molecular weight excluding hydrogens is 334 g/mol. The Morgan fingerprint density at radius 3 is 2.92 bits per heavy atom. The van der Waals surface area contributed by atoms with Crippen LogP contribution in [0.5, 0.6) is 11.5 Å². The van der Waals surface area contributed by atoms with Gasteiger partial charge in [-0.1, -0.05) is 16.4 Å². The van der Waals surface area contributed by atoms with Crippen LogP contribution in [0.25, 0.3) is 0 Å². The molecule has 4 rings (SSSR count). The number of fused-ring (bicyclic) bond motifs is 2. The van der Waals surface area contributed by atoms with E-state index in [2.05, 4.69) is 10.3 Å². The minimum atomic E-state index is 0.0789. The second-order valence-corrected chi connectivity index (χ2v) is 7.06. The highest BCUT2D eigenvalue weighted by Gasteiger charge is 2.48. The maximum Gasteiger partial charge on any atom is 0.229 e. The number of rotatable bonds is 6. The van der Waals surface area contributed by atoms with Crippen LogP contribution >= 0.6 is 0 Å². The SMILES string of the molecule is COc1cccc(OC[C@@H]2C3CCC(C3)N2C(=O)Cc2nonc2C)c1. The molecule has 7 nitrogen and oxygen atoms in total. The molecule has 138 valence electrons. The number of likely N-dealkylation sites (tertiary alicyclic amines) is 1. The molecule has 1 amide bonds. The first-order valence-corrected chi connectivity index (χ1v) is 9.01. The summed E-state index contributed by atoms with van der Waals surface area (Å²) in [5.74, 6) is 2.11. The summed E-state index contributed by atoms with van der Waals surface area (Å²) in [6.45, 7) is 2.30. The molecule has 2 fully saturated rings. The third kappa shape index (κ3) is 3.13. The molecule has 7 heteroatoms. The van der Waals surface area contributed by atoms with Crippen LogP contribution in [0.15, 0.2) is 28.9 Å². The van der Waals surface area contributed by atoms with Crippen LogP contribution in [-0.4, -0.2) is 46.9 Å². The lowest BCUT2D eigenvalue weighted by Crippen LogP contribution is -2.48. The lowest BCUT2D eigenvalue weighted by Gasteiger charge is -2.35. The molecule has 0 spiro atoms. The molecule has 1 aromatic carbocycles. The van der Waals surface area contributed by atoms with Crippen molar-refractivity contribution in [1.82, 2.24) is 15.2 Å². The van der Waals surface area contributed by atoms with E-state index in [0.717, 1.165) is 30.8 Å². The van der Waals surface area contributed by atoms with Gasteiger partial charge in [0.25, 0.3) is 0 Å². The first kappa shape index (κ1) is 16.9. The van der Waals surface area contributed by atoms with Gasteiger partial charge in [-0.3, -0.25) is 4.79 Å². The van der Waals surface area contributed by atoms with Crippen LogP contribution in [0, 0.1) is 12.8 Å². The molecule has 2 aliphatic rings. The van der Waals surface area contributed by atoms with E-state index in [4.69, 9.17) is 14.1 Å². The Kier molecular flexibility index (Phi) is 4.53. The number of aryl methyl sites for hydroxylation is 1. The van der Waals surface area contributed by atoms with E-state index in [1.165, 1.54) is 0 Å². The van der Waals surface area contributed by atoms with Crippen molar-refractivity contribution in [3.05, 3.63) is 35.7 Å². The summed E-state index contributed by atoms with van der Waals surface area (Å²) in [5.41, 5.74) is 1.29. The zero-order valence-corrected chi connectivity index (χ0v) is 15.1. The van der Waals surface area contributed by atoms with Crippen molar-refractivity contribution < 1.29 is 18.9 Å². The smallest absolute Gasteiger partial charge is 0.229 e. The van der Waals surface area contributed by atoms with Crippen LogP contribution < -0.4 is 9.47 Å². The van der Waals surface area contributed by atoms with Gasteiger partial charge in [0.05, 0.1) is 19.6 Å². The molecule has 2 unspecified atom stereocenters. The van der Waals surface area contributed by atoms with Crippen molar-refractivity contribution >= 4 is 5.91 Å². The average molecular weight is 357 g/mol. The second kappa shape index (κ2) is 6.97. The van der Waals surface area contributed by atoms with Crippen molar-refractivity contribution in [2.75, 3.05) is 13.7 Å². The van der Waals surface area contributed by atoms with Gasteiger partial charge in [0.1, 0.15) is 29.5 Å². The van der Waals surface area contributed by atoms with Crippen LogP contribution in [0.2, 0.25) is 0 Å². The van der Waals surface area contributed by atoms with E-state index >= 15 is 0 Å². The van der Waals surface area contributed by atoms with Gasteiger partial charge in [-0.05, 0) is 44.2 Å². The molecule has 3 atom stereocenters. The predicted octanol–water partition coefficient (Wildman–Crippen LogP) is 2.39. The van der Waals surface area contributed by atoms with Crippen LogP contribution in [0.3, 0.4) is 0 Å². The topological polar surface area (TPSA) is 77.7 Å². The van der Waals surface area contributed by atoms with Crippen molar-refractivity contribution in [1.29, 1.82) is 0 Å². The monoisotopic (exact) mass is 357 g/mol. The van der Waals surface area contributed by atoms with E-state index in [0.29, 0.717) is 30.0 Å². The summed E-state index contributed by atoms with van der Waals surface area (Å²) in [4.78, 5) is 14.9. The lowest BCUT2D eigenvalue weighted by atomic mass is 9.99. The number of carbonyl (C=O) groups is 1. The van der Waals surface area contributed by atoms with Gasteiger partial charge in [-0.25, -0.2) is 4.63 Å². The second-order valence-electron chi connectivity index (χ2n) is 7.06. The minimum absolute atomic E-state index is 0.0789. The van der Waals surface area contributed by atoms with Gasteiger partial charge in [0, 0.05) is 12.1 Å². The van der Waals surface area contributed by atoms with Crippen molar-refractivity contribution in [2.24, 2.45) is 5.92 Å². The van der Waals surface area contributed by atoms with Crippen LogP contribution in [0.1, 0.15) is 30.7 Å². The Morgan fingerprint density at radius 1 is 1.31 bits per heavy atom. The molecule has 1 saturated heterocycles. The fourth-order valence-electron chi connectivity index (χ4n) is 4.21. The number of hydrogen-bond donors (Lipinski definition) is 0. The van der Waals surface area contributed by atoms with Gasteiger partial charge in [-0.2, -0.15) is 0 Å². The molecule has 0 N–H and O–H groups in total. The summed E-state index contributed by atoms with van der Waals surface area (Å²) < 4.78 is 16.0. The molecule has 1 aliphatic carbocycles. The molecule has 1 saturated carbocycles. The number of aromatic nitrogens is 2. The molecule has 26 heavy (non-hydrogen) atoms. The average Bonchev–Trinajstić information content (AvgIpc) is 3.37. The number of piperidine rings is 1. The van der Waals surface area contributed by atoms with Gasteiger partial charge >= 0.3 is 0 Å². The van der Waals surface area contributed by atoms with E-state index in [-0.39, 0.29) is 18.4 Å². The van der Waals surface area contributed by atoms with Crippen LogP contribution in [-0.2, 0) is 11.2 Å².